The Morgan fingerprint density at radius 1 is 0.913 bits per heavy atom. The second-order valence-electron chi connectivity index (χ2n) is 6.13. The molecule has 4 heteroatoms. The van der Waals surface area contributed by atoms with Crippen LogP contribution in [0, 0.1) is 12.3 Å². The van der Waals surface area contributed by atoms with Gasteiger partial charge in [0.25, 0.3) is 8.32 Å². The summed E-state index contributed by atoms with van der Waals surface area (Å²) in [7, 11) is -2.45. The van der Waals surface area contributed by atoms with Crippen LogP contribution in [0.15, 0.2) is 60.7 Å². The Morgan fingerprint density at radius 2 is 1.30 bits per heavy atom. The van der Waals surface area contributed by atoms with E-state index >= 15 is 0 Å². The van der Waals surface area contributed by atoms with Crippen molar-refractivity contribution in [1.29, 1.82) is 0 Å². The van der Waals surface area contributed by atoms with Crippen molar-refractivity contribution < 1.29 is 21.4 Å². The summed E-state index contributed by atoms with van der Waals surface area (Å²) in [5.74, 6) is 2.40. The van der Waals surface area contributed by atoms with Crippen molar-refractivity contribution in [2.75, 3.05) is 6.61 Å². The van der Waals surface area contributed by atoms with Crippen LogP contribution in [0.1, 0.15) is 20.8 Å². The molecular formula is C19H21BrMgOSi. The zero-order chi connectivity index (χ0) is 15.3. The van der Waals surface area contributed by atoms with Crippen molar-refractivity contribution in [2.45, 2.75) is 25.8 Å². The maximum absolute atomic E-state index is 7.26. The normalized spacial score (nSPS) is 10.9. The average Bonchev–Trinajstić information content (AvgIpc) is 2.49. The van der Waals surface area contributed by atoms with Gasteiger partial charge >= 0.3 is 23.1 Å². The molecule has 116 valence electrons. The third-order valence-electron chi connectivity index (χ3n) is 3.78. The van der Waals surface area contributed by atoms with Gasteiger partial charge in [0, 0.05) is 0 Å². The van der Waals surface area contributed by atoms with Crippen molar-refractivity contribution >= 4 is 41.7 Å². The van der Waals surface area contributed by atoms with Crippen LogP contribution in [0.5, 0.6) is 0 Å². The van der Waals surface area contributed by atoms with Gasteiger partial charge in [-0.3, -0.25) is 0 Å². The number of halogens is 1. The molecule has 0 saturated heterocycles. The Hall–Kier alpha value is -0.577. The number of benzene rings is 2. The molecule has 2 rings (SSSR count). The van der Waals surface area contributed by atoms with Crippen LogP contribution in [0.25, 0.3) is 0 Å². The quantitative estimate of drug-likeness (QED) is 0.394. The topological polar surface area (TPSA) is 9.23 Å². The van der Waals surface area contributed by atoms with Gasteiger partial charge in [-0.2, -0.15) is 0 Å². The minimum atomic E-state index is -2.45. The van der Waals surface area contributed by atoms with Crippen LogP contribution in [-0.4, -0.2) is 38.0 Å². The van der Waals surface area contributed by atoms with Gasteiger partial charge in [-0.25, -0.2) is 0 Å². The fourth-order valence-electron chi connectivity index (χ4n) is 2.91. The summed E-state index contributed by atoms with van der Waals surface area (Å²) in [6, 6.07) is 20.9. The van der Waals surface area contributed by atoms with Crippen molar-refractivity contribution in [1.82, 2.24) is 0 Å². The predicted molar refractivity (Wildman–Crippen MR) is 96.5 cm³/mol. The van der Waals surface area contributed by atoms with Crippen molar-refractivity contribution in [3.63, 3.8) is 0 Å². The summed E-state index contributed by atoms with van der Waals surface area (Å²) in [5.41, 5.74) is 0. The first-order valence-corrected chi connectivity index (χ1v) is 9.08. The van der Waals surface area contributed by atoms with Crippen molar-refractivity contribution in [3.05, 3.63) is 67.1 Å². The zero-order valence-corrected chi connectivity index (χ0v) is 18.0. The molecule has 0 fully saturated rings. The minimum absolute atomic E-state index is 0. The summed E-state index contributed by atoms with van der Waals surface area (Å²) in [4.78, 5) is 0. The molecule has 0 N–H and O–H groups in total. The molecule has 0 aromatic heterocycles. The molecule has 0 bridgehead atoms. The summed E-state index contributed by atoms with van der Waals surface area (Å²) in [6.45, 7) is 6.91. The van der Waals surface area contributed by atoms with E-state index < -0.39 is 8.32 Å². The number of hydrogen-bond donors (Lipinski definition) is 0. The molecule has 23 heavy (non-hydrogen) atoms. The molecule has 0 atom stereocenters. The van der Waals surface area contributed by atoms with E-state index in [-0.39, 0.29) is 51.7 Å². The van der Waals surface area contributed by atoms with Crippen LogP contribution < -0.4 is 27.4 Å². The largest absolute Gasteiger partial charge is 2.00 e. The van der Waals surface area contributed by atoms with Crippen LogP contribution >= 0.6 is 0 Å². The Kier molecular flexibility index (Phi) is 9.41. The minimum Gasteiger partial charge on any atom is -1.00 e. The smallest absolute Gasteiger partial charge is 1.00 e. The molecular weight excluding hydrogens is 377 g/mol. The predicted octanol–water partition coefficient (Wildman–Crippen LogP) is -0.224. The van der Waals surface area contributed by atoms with E-state index in [2.05, 4.69) is 75.2 Å². The molecule has 0 saturated carbocycles. The van der Waals surface area contributed by atoms with Gasteiger partial charge in [0.2, 0.25) is 0 Å². The van der Waals surface area contributed by atoms with E-state index in [1.54, 1.807) is 0 Å². The molecule has 2 aromatic carbocycles. The Morgan fingerprint density at radius 3 is 1.61 bits per heavy atom. The maximum atomic E-state index is 7.26. The molecule has 0 spiro atoms. The first-order chi connectivity index (χ1) is 10.0. The van der Waals surface area contributed by atoms with Gasteiger partial charge in [0.05, 0.1) is 6.61 Å². The first-order valence-electron chi connectivity index (χ1n) is 7.17. The van der Waals surface area contributed by atoms with E-state index in [1.807, 2.05) is 12.1 Å². The monoisotopic (exact) mass is 396 g/mol. The zero-order valence-electron chi connectivity index (χ0n) is 14.0. The molecule has 1 nitrogen and oxygen atoms in total. The number of hydrogen-bond acceptors (Lipinski definition) is 1. The SMILES string of the molecule is [Br-].[C-]#CCO[Si](c1ccccc1)(c1ccccc1)C(C)(C)C.[Mg+2]. The van der Waals surface area contributed by atoms with Gasteiger partial charge < -0.3 is 33.8 Å². The Bertz CT molecular complexity index is 578. The van der Waals surface area contributed by atoms with Crippen molar-refractivity contribution in [3.8, 4) is 5.92 Å². The molecule has 0 heterocycles. The van der Waals surface area contributed by atoms with Gasteiger partial charge in [-0.05, 0) is 15.4 Å². The second-order valence-corrected chi connectivity index (χ2v) is 10.4. The Labute approximate surface area is 167 Å². The summed E-state index contributed by atoms with van der Waals surface area (Å²) in [5, 5.41) is 2.44. The molecule has 0 aliphatic carbocycles. The first kappa shape index (κ1) is 22.4. The van der Waals surface area contributed by atoms with Gasteiger partial charge in [-0.15, -0.1) is 0 Å². The molecule has 0 aliphatic heterocycles. The Balaban J connectivity index is 0.00000242. The fraction of sp³-hybridized carbons (Fsp3) is 0.263. The second kappa shape index (κ2) is 9.65. The van der Waals surface area contributed by atoms with E-state index in [1.165, 1.54) is 10.4 Å². The molecule has 0 unspecified atom stereocenters. The van der Waals surface area contributed by atoms with E-state index in [4.69, 9.17) is 10.8 Å². The summed E-state index contributed by atoms with van der Waals surface area (Å²) < 4.78 is 6.36. The third-order valence-corrected chi connectivity index (χ3v) is 8.76. The van der Waals surface area contributed by atoms with E-state index in [9.17, 15) is 0 Å². The summed E-state index contributed by atoms with van der Waals surface area (Å²) >= 11 is 0. The van der Waals surface area contributed by atoms with E-state index in [0.717, 1.165) is 0 Å². The van der Waals surface area contributed by atoms with Gasteiger partial charge in [0.15, 0.2) is 0 Å². The standard InChI is InChI=1S/C19H21OSi.BrH.Mg/c1-5-16-20-21(19(2,3)4,17-12-8-6-9-13-17)18-14-10-7-11-15-18;;/h6-15H,16H2,2-4H3;1H;/q-1;;+2/p-1. The van der Waals surface area contributed by atoms with Gasteiger partial charge in [0.1, 0.15) is 0 Å². The molecule has 0 amide bonds. The van der Waals surface area contributed by atoms with Crippen molar-refractivity contribution in [2.24, 2.45) is 0 Å². The maximum Gasteiger partial charge on any atom is 2.00 e. The number of rotatable bonds is 4. The third kappa shape index (κ3) is 4.71. The average molecular weight is 398 g/mol. The van der Waals surface area contributed by atoms with E-state index in [0.29, 0.717) is 0 Å². The van der Waals surface area contributed by atoms with Crippen LogP contribution in [0.3, 0.4) is 0 Å². The van der Waals surface area contributed by atoms with Crippen LogP contribution in [-0.2, 0) is 4.43 Å². The molecule has 0 radical (unpaired) electrons. The summed E-state index contributed by atoms with van der Waals surface area (Å²) in [6.07, 6.45) is 7.26. The molecule has 0 aliphatic rings. The van der Waals surface area contributed by atoms with Gasteiger partial charge in [-0.1, -0.05) is 81.4 Å². The van der Waals surface area contributed by atoms with Crippen LogP contribution in [0.2, 0.25) is 5.04 Å². The molecule has 2 aromatic rings. The van der Waals surface area contributed by atoms with Crippen LogP contribution in [0.4, 0.5) is 0 Å². The fourth-order valence-corrected chi connectivity index (χ4v) is 7.35.